The maximum atomic E-state index is 12.7. The third-order valence-electron chi connectivity index (χ3n) is 4.04. The molecule has 5 heteroatoms. The first-order chi connectivity index (χ1) is 9.72. The highest BCUT2D eigenvalue weighted by atomic mass is 32.2. The van der Waals surface area contributed by atoms with Gasteiger partial charge in [0.05, 0.1) is 5.69 Å². The molecule has 3 rings (SSSR count). The van der Waals surface area contributed by atoms with E-state index in [2.05, 4.69) is 0 Å². The van der Waals surface area contributed by atoms with E-state index < -0.39 is 0 Å². The predicted molar refractivity (Wildman–Crippen MR) is 79.9 cm³/mol. The lowest BCUT2D eigenvalue weighted by Gasteiger charge is -2.43. The molecule has 0 radical (unpaired) electrons. The van der Waals surface area contributed by atoms with Crippen LogP contribution in [0.25, 0.3) is 0 Å². The Labute approximate surface area is 123 Å². The van der Waals surface area contributed by atoms with Crippen molar-refractivity contribution >= 4 is 29.3 Å². The summed E-state index contributed by atoms with van der Waals surface area (Å²) < 4.78 is 0. The minimum Gasteiger partial charge on any atom is -0.329 e. The van der Waals surface area contributed by atoms with Gasteiger partial charge in [0.25, 0.3) is 0 Å². The van der Waals surface area contributed by atoms with Crippen molar-refractivity contribution in [2.24, 2.45) is 0 Å². The molecule has 0 N–H and O–H groups in total. The lowest BCUT2D eigenvalue weighted by Crippen LogP contribution is -2.61. The van der Waals surface area contributed by atoms with E-state index >= 15 is 0 Å². The lowest BCUT2D eigenvalue weighted by molar-refractivity contribution is -0.144. The summed E-state index contributed by atoms with van der Waals surface area (Å²) in [5, 5.41) is 0. The van der Waals surface area contributed by atoms with Crippen molar-refractivity contribution in [3.63, 3.8) is 0 Å². The molecule has 106 valence electrons. The van der Waals surface area contributed by atoms with E-state index in [0.29, 0.717) is 0 Å². The highest BCUT2D eigenvalue weighted by Crippen LogP contribution is 2.32. The van der Waals surface area contributed by atoms with Crippen molar-refractivity contribution in [2.75, 3.05) is 24.2 Å². The van der Waals surface area contributed by atoms with E-state index in [1.54, 1.807) is 21.6 Å². The van der Waals surface area contributed by atoms with Gasteiger partial charge in [0.2, 0.25) is 11.8 Å². The molecule has 2 amide bonds. The first-order valence-electron chi connectivity index (χ1n) is 6.96. The Kier molecular flexibility index (Phi) is 3.70. The highest BCUT2D eigenvalue weighted by molar-refractivity contribution is 7.98. The van der Waals surface area contributed by atoms with Gasteiger partial charge >= 0.3 is 0 Å². The van der Waals surface area contributed by atoms with Gasteiger partial charge in [-0.15, -0.1) is 11.8 Å². The first kappa shape index (κ1) is 13.5. The van der Waals surface area contributed by atoms with Crippen molar-refractivity contribution in [3.05, 3.63) is 24.3 Å². The summed E-state index contributed by atoms with van der Waals surface area (Å²) in [5.74, 6) is 0.149. The molecule has 2 aliphatic rings. The van der Waals surface area contributed by atoms with Crippen LogP contribution in [0.2, 0.25) is 0 Å². The molecule has 2 fully saturated rings. The number of para-hydroxylation sites is 1. The molecule has 0 saturated carbocycles. The Morgan fingerprint density at radius 3 is 2.80 bits per heavy atom. The van der Waals surface area contributed by atoms with Crippen molar-refractivity contribution in [3.8, 4) is 0 Å². The Morgan fingerprint density at radius 2 is 2.00 bits per heavy atom. The largest absolute Gasteiger partial charge is 0.329 e. The number of piperazine rings is 1. The van der Waals surface area contributed by atoms with Crippen LogP contribution in [-0.2, 0) is 9.59 Å². The van der Waals surface area contributed by atoms with E-state index in [-0.39, 0.29) is 24.4 Å². The average Bonchev–Trinajstić information content (AvgIpc) is 2.51. The molecule has 0 aromatic heterocycles. The number of hydrogen-bond acceptors (Lipinski definition) is 3. The number of thioether (sulfide) groups is 1. The summed E-state index contributed by atoms with van der Waals surface area (Å²) in [6, 6.07) is 7.54. The molecule has 1 aromatic rings. The molecule has 1 atom stereocenters. The quantitative estimate of drug-likeness (QED) is 0.784. The average molecular weight is 290 g/mol. The second-order valence-electron chi connectivity index (χ2n) is 5.19. The maximum Gasteiger partial charge on any atom is 0.250 e. The molecule has 4 nitrogen and oxygen atoms in total. The molecule has 0 spiro atoms. The fraction of sp³-hybridized carbons (Fsp3) is 0.467. The number of fused-ring (bicyclic) bond motifs is 1. The summed E-state index contributed by atoms with van der Waals surface area (Å²) in [6.07, 6.45) is 4.82. The number of nitrogens with zero attached hydrogens (tertiary/aromatic N) is 2. The number of amides is 2. The minimum absolute atomic E-state index is 0.0743. The van der Waals surface area contributed by atoms with E-state index in [0.717, 1.165) is 36.4 Å². The van der Waals surface area contributed by atoms with Gasteiger partial charge < -0.3 is 9.80 Å². The van der Waals surface area contributed by atoms with E-state index in [1.807, 2.05) is 30.5 Å². The number of anilines is 1. The summed E-state index contributed by atoms with van der Waals surface area (Å²) in [5.41, 5.74) is 0.864. The zero-order valence-electron chi connectivity index (χ0n) is 11.5. The number of benzene rings is 1. The molecule has 2 aliphatic heterocycles. The van der Waals surface area contributed by atoms with E-state index in [4.69, 9.17) is 0 Å². The molecule has 20 heavy (non-hydrogen) atoms. The van der Waals surface area contributed by atoms with Gasteiger partial charge in [-0.1, -0.05) is 12.1 Å². The predicted octanol–water partition coefficient (Wildman–Crippen LogP) is 2.14. The zero-order chi connectivity index (χ0) is 14.1. The van der Waals surface area contributed by atoms with Crippen molar-refractivity contribution < 1.29 is 9.59 Å². The standard InChI is InChI=1S/C15H18N2O2S/c1-20-13-8-3-2-6-11(13)17-10-14(18)16-9-5-4-7-12(16)15(17)19/h2-3,6,8,12H,4-5,7,9-10H2,1H3. The van der Waals surface area contributed by atoms with E-state index in [9.17, 15) is 9.59 Å². The molecule has 1 unspecified atom stereocenters. The van der Waals surface area contributed by atoms with Crippen molar-refractivity contribution in [1.29, 1.82) is 0 Å². The van der Waals surface area contributed by atoms with Crippen molar-refractivity contribution in [1.82, 2.24) is 4.90 Å². The maximum absolute atomic E-state index is 12.7. The van der Waals surface area contributed by atoms with Gasteiger partial charge in [-0.25, -0.2) is 0 Å². The fourth-order valence-corrected chi connectivity index (χ4v) is 3.63. The zero-order valence-corrected chi connectivity index (χ0v) is 12.4. The number of piperidine rings is 1. The second-order valence-corrected chi connectivity index (χ2v) is 6.04. The van der Waals surface area contributed by atoms with Crippen LogP contribution >= 0.6 is 11.8 Å². The minimum atomic E-state index is -0.250. The lowest BCUT2D eigenvalue weighted by atomic mass is 9.98. The van der Waals surface area contributed by atoms with Crippen LogP contribution in [0.1, 0.15) is 19.3 Å². The second kappa shape index (κ2) is 5.48. The SMILES string of the molecule is CSc1ccccc1N1CC(=O)N2CCCCC2C1=O. The smallest absolute Gasteiger partial charge is 0.250 e. The van der Waals surface area contributed by atoms with Gasteiger partial charge in [0.15, 0.2) is 0 Å². The molecular formula is C15H18N2O2S. The Balaban J connectivity index is 1.94. The first-order valence-corrected chi connectivity index (χ1v) is 8.18. The Hall–Kier alpha value is -1.49. The third-order valence-corrected chi connectivity index (χ3v) is 4.83. The van der Waals surface area contributed by atoms with E-state index in [1.165, 1.54) is 0 Å². The van der Waals surface area contributed by atoms with Gasteiger partial charge in [0.1, 0.15) is 12.6 Å². The highest BCUT2D eigenvalue weighted by Gasteiger charge is 2.41. The number of carbonyl (C=O) groups is 2. The Morgan fingerprint density at radius 1 is 1.20 bits per heavy atom. The van der Waals surface area contributed by atoms with Crippen LogP contribution in [0, 0.1) is 0 Å². The molecular weight excluding hydrogens is 272 g/mol. The van der Waals surface area contributed by atoms with Crippen LogP contribution in [0.5, 0.6) is 0 Å². The molecule has 0 bridgehead atoms. The van der Waals surface area contributed by atoms with Gasteiger partial charge in [-0.3, -0.25) is 9.59 Å². The molecule has 1 aromatic carbocycles. The number of carbonyl (C=O) groups excluding carboxylic acids is 2. The van der Waals surface area contributed by atoms with Crippen LogP contribution in [0.4, 0.5) is 5.69 Å². The van der Waals surface area contributed by atoms with Crippen LogP contribution in [0.3, 0.4) is 0 Å². The monoisotopic (exact) mass is 290 g/mol. The normalized spacial score (nSPS) is 22.9. The third kappa shape index (κ3) is 2.20. The summed E-state index contributed by atoms with van der Waals surface area (Å²) in [4.78, 5) is 29.5. The van der Waals surface area contributed by atoms with Gasteiger partial charge in [-0.05, 0) is 37.7 Å². The van der Waals surface area contributed by atoms with Crippen LogP contribution in [-0.4, -0.2) is 42.1 Å². The molecule has 2 heterocycles. The summed E-state index contributed by atoms with van der Waals surface area (Å²) >= 11 is 1.60. The van der Waals surface area contributed by atoms with Crippen molar-refractivity contribution in [2.45, 2.75) is 30.2 Å². The topological polar surface area (TPSA) is 40.6 Å². The van der Waals surface area contributed by atoms with Crippen LogP contribution in [0.15, 0.2) is 29.2 Å². The summed E-state index contributed by atoms with van der Waals surface area (Å²) in [7, 11) is 0. The summed E-state index contributed by atoms with van der Waals surface area (Å²) in [6.45, 7) is 0.903. The molecule has 0 aliphatic carbocycles. The number of hydrogen-bond donors (Lipinski definition) is 0. The fourth-order valence-electron chi connectivity index (χ4n) is 3.03. The van der Waals surface area contributed by atoms with Gasteiger partial charge in [-0.2, -0.15) is 0 Å². The van der Waals surface area contributed by atoms with Gasteiger partial charge in [0, 0.05) is 11.4 Å². The molecule has 2 saturated heterocycles. The van der Waals surface area contributed by atoms with Crippen LogP contribution < -0.4 is 4.90 Å². The number of rotatable bonds is 2. The Bertz CT molecular complexity index is 546.